The zero-order valence-electron chi connectivity index (χ0n) is 11.2. The highest BCUT2D eigenvalue weighted by Crippen LogP contribution is 2.12. The van der Waals surface area contributed by atoms with E-state index in [1.807, 2.05) is 0 Å². The van der Waals surface area contributed by atoms with Crippen LogP contribution < -0.4 is 5.32 Å². The van der Waals surface area contributed by atoms with E-state index in [-0.39, 0.29) is 11.5 Å². The van der Waals surface area contributed by atoms with Crippen LogP contribution in [0.5, 0.6) is 0 Å². The van der Waals surface area contributed by atoms with E-state index in [9.17, 15) is 9.18 Å². The third kappa shape index (κ3) is 4.47. The summed E-state index contributed by atoms with van der Waals surface area (Å²) in [4.78, 5) is 11.8. The second-order valence-corrected chi connectivity index (χ2v) is 4.61. The Kier molecular flexibility index (Phi) is 6.40. The van der Waals surface area contributed by atoms with Gasteiger partial charge in [-0.1, -0.05) is 45.2 Å². The molecule has 0 aliphatic carbocycles. The maximum atomic E-state index is 13.4. The Labute approximate surface area is 109 Å². The predicted molar refractivity (Wildman–Crippen MR) is 72.0 cm³/mol. The number of amides is 1. The van der Waals surface area contributed by atoms with Crippen molar-refractivity contribution >= 4 is 5.91 Å². The molecule has 0 bridgehead atoms. The molecule has 0 spiro atoms. The molecule has 18 heavy (non-hydrogen) atoms. The molecule has 0 fully saturated rings. The predicted octanol–water partition coefficient (Wildman–Crippen LogP) is 3.77. The van der Waals surface area contributed by atoms with Crippen LogP contribution in [0.15, 0.2) is 24.3 Å². The molecule has 0 saturated heterocycles. The topological polar surface area (TPSA) is 29.1 Å². The van der Waals surface area contributed by atoms with Crippen LogP contribution >= 0.6 is 0 Å². The van der Waals surface area contributed by atoms with Gasteiger partial charge in [-0.3, -0.25) is 4.79 Å². The number of rotatable bonds is 7. The number of carbonyl (C=O) groups excluding carboxylic acids is 1. The normalized spacial score (nSPS) is 12.2. The van der Waals surface area contributed by atoms with Gasteiger partial charge >= 0.3 is 0 Å². The highest BCUT2D eigenvalue weighted by Gasteiger charge is 2.12. The summed E-state index contributed by atoms with van der Waals surface area (Å²) < 4.78 is 13.4. The first-order chi connectivity index (χ1) is 8.69. The summed E-state index contributed by atoms with van der Waals surface area (Å²) in [6.07, 6.45) is 4.49. The number of unbranched alkanes of at least 4 members (excludes halogenated alkanes) is 1. The molecule has 100 valence electrons. The molecule has 1 aromatic carbocycles. The fraction of sp³-hybridized carbons (Fsp3) is 0.533. The molecule has 1 N–H and O–H groups in total. The summed E-state index contributed by atoms with van der Waals surface area (Å²) in [5, 5.41) is 2.82. The molecule has 0 unspecified atom stereocenters. The number of hydrogen-bond donors (Lipinski definition) is 1. The van der Waals surface area contributed by atoms with Gasteiger partial charge in [-0.15, -0.1) is 0 Å². The summed E-state index contributed by atoms with van der Waals surface area (Å²) >= 11 is 0. The van der Waals surface area contributed by atoms with Crippen molar-refractivity contribution in [2.24, 2.45) is 5.92 Å². The Bertz CT molecular complexity index is 379. The van der Waals surface area contributed by atoms with E-state index in [1.165, 1.54) is 18.6 Å². The zero-order chi connectivity index (χ0) is 13.4. The SMILES string of the molecule is CCCC[C@H](CC)CNC(=O)c1ccccc1F. The van der Waals surface area contributed by atoms with Gasteiger partial charge in [0.1, 0.15) is 5.82 Å². The van der Waals surface area contributed by atoms with Gasteiger partial charge in [0.05, 0.1) is 5.56 Å². The van der Waals surface area contributed by atoms with Gasteiger partial charge < -0.3 is 5.32 Å². The molecule has 0 aliphatic rings. The van der Waals surface area contributed by atoms with Crippen LogP contribution in [0.25, 0.3) is 0 Å². The lowest BCUT2D eigenvalue weighted by Gasteiger charge is -2.15. The third-order valence-electron chi connectivity index (χ3n) is 3.21. The monoisotopic (exact) mass is 251 g/mol. The molecular weight excluding hydrogens is 229 g/mol. The second-order valence-electron chi connectivity index (χ2n) is 4.61. The minimum absolute atomic E-state index is 0.128. The lowest BCUT2D eigenvalue weighted by molar-refractivity contribution is 0.0942. The number of nitrogens with one attached hydrogen (secondary N) is 1. The van der Waals surface area contributed by atoms with Crippen molar-refractivity contribution in [1.82, 2.24) is 5.32 Å². The summed E-state index contributed by atoms with van der Waals surface area (Å²) in [5.41, 5.74) is 0.128. The average molecular weight is 251 g/mol. The van der Waals surface area contributed by atoms with Gasteiger partial charge in [-0.05, 0) is 24.5 Å². The molecule has 1 atom stereocenters. The minimum Gasteiger partial charge on any atom is -0.352 e. The molecule has 0 aliphatic heterocycles. The molecule has 1 rings (SSSR count). The van der Waals surface area contributed by atoms with Gasteiger partial charge in [0.15, 0.2) is 0 Å². The molecule has 0 aromatic heterocycles. The van der Waals surface area contributed by atoms with Crippen molar-refractivity contribution in [2.45, 2.75) is 39.5 Å². The van der Waals surface area contributed by atoms with Gasteiger partial charge in [-0.25, -0.2) is 4.39 Å². The molecule has 3 heteroatoms. The summed E-state index contributed by atoms with van der Waals surface area (Å²) in [5.74, 6) is -0.291. The Balaban J connectivity index is 2.47. The zero-order valence-corrected chi connectivity index (χ0v) is 11.2. The van der Waals surface area contributed by atoms with Crippen molar-refractivity contribution in [3.63, 3.8) is 0 Å². The molecule has 0 saturated carbocycles. The Morgan fingerprint density at radius 3 is 2.67 bits per heavy atom. The van der Waals surface area contributed by atoms with Crippen molar-refractivity contribution in [3.8, 4) is 0 Å². The molecule has 2 nitrogen and oxygen atoms in total. The van der Waals surface area contributed by atoms with Crippen LogP contribution in [0.1, 0.15) is 49.9 Å². The van der Waals surface area contributed by atoms with Crippen molar-refractivity contribution in [1.29, 1.82) is 0 Å². The van der Waals surface area contributed by atoms with E-state index < -0.39 is 5.82 Å². The van der Waals surface area contributed by atoms with E-state index in [1.54, 1.807) is 12.1 Å². The van der Waals surface area contributed by atoms with Gasteiger partial charge in [0.2, 0.25) is 0 Å². The lowest BCUT2D eigenvalue weighted by atomic mass is 9.99. The standard InChI is InChI=1S/C15H22FNO/c1-3-5-8-12(4-2)11-17-15(18)13-9-6-7-10-14(13)16/h6-7,9-10,12H,3-5,8,11H2,1-2H3,(H,17,18)/t12-/m0/s1. The van der Waals surface area contributed by atoms with Crippen LogP contribution in [-0.4, -0.2) is 12.5 Å². The van der Waals surface area contributed by atoms with Crippen molar-refractivity contribution < 1.29 is 9.18 Å². The summed E-state index contributed by atoms with van der Waals surface area (Å²) in [7, 11) is 0. The van der Waals surface area contributed by atoms with E-state index >= 15 is 0 Å². The van der Waals surface area contributed by atoms with Gasteiger partial charge in [0, 0.05) is 6.54 Å². The quantitative estimate of drug-likeness (QED) is 0.785. The first-order valence-electron chi connectivity index (χ1n) is 6.71. The maximum Gasteiger partial charge on any atom is 0.254 e. The number of benzene rings is 1. The molecular formula is C15H22FNO. The summed E-state index contributed by atoms with van der Waals surface area (Å²) in [6, 6.07) is 6.08. The average Bonchev–Trinajstić information content (AvgIpc) is 2.39. The van der Waals surface area contributed by atoms with Crippen LogP contribution in [-0.2, 0) is 0 Å². The fourth-order valence-electron chi connectivity index (χ4n) is 1.92. The molecule has 1 amide bonds. The van der Waals surface area contributed by atoms with E-state index in [0.29, 0.717) is 12.5 Å². The van der Waals surface area contributed by atoms with Crippen LogP contribution in [0.3, 0.4) is 0 Å². The fourth-order valence-corrected chi connectivity index (χ4v) is 1.92. The van der Waals surface area contributed by atoms with Crippen LogP contribution in [0.4, 0.5) is 4.39 Å². The maximum absolute atomic E-state index is 13.4. The lowest BCUT2D eigenvalue weighted by Crippen LogP contribution is -2.29. The van der Waals surface area contributed by atoms with Crippen molar-refractivity contribution in [2.75, 3.05) is 6.54 Å². The Hall–Kier alpha value is -1.38. The number of hydrogen-bond acceptors (Lipinski definition) is 1. The minimum atomic E-state index is -0.461. The molecule has 0 radical (unpaired) electrons. The van der Waals surface area contributed by atoms with E-state index in [4.69, 9.17) is 0 Å². The Morgan fingerprint density at radius 1 is 1.33 bits per heavy atom. The highest BCUT2D eigenvalue weighted by molar-refractivity contribution is 5.94. The molecule has 1 aromatic rings. The molecule has 0 heterocycles. The van der Waals surface area contributed by atoms with Crippen LogP contribution in [0, 0.1) is 11.7 Å². The van der Waals surface area contributed by atoms with Crippen LogP contribution in [0.2, 0.25) is 0 Å². The number of carbonyl (C=O) groups is 1. The first kappa shape index (κ1) is 14.7. The van der Waals surface area contributed by atoms with Gasteiger partial charge in [-0.2, -0.15) is 0 Å². The van der Waals surface area contributed by atoms with E-state index in [0.717, 1.165) is 19.3 Å². The number of halogens is 1. The Morgan fingerprint density at radius 2 is 2.06 bits per heavy atom. The van der Waals surface area contributed by atoms with Crippen molar-refractivity contribution in [3.05, 3.63) is 35.6 Å². The smallest absolute Gasteiger partial charge is 0.254 e. The van der Waals surface area contributed by atoms with E-state index in [2.05, 4.69) is 19.2 Å². The van der Waals surface area contributed by atoms with Gasteiger partial charge in [0.25, 0.3) is 5.91 Å². The summed E-state index contributed by atoms with van der Waals surface area (Å²) in [6.45, 7) is 4.91. The first-order valence-corrected chi connectivity index (χ1v) is 6.71. The largest absolute Gasteiger partial charge is 0.352 e. The third-order valence-corrected chi connectivity index (χ3v) is 3.21. The second kappa shape index (κ2) is 7.85. The highest BCUT2D eigenvalue weighted by atomic mass is 19.1.